The van der Waals surface area contributed by atoms with E-state index in [-0.39, 0.29) is 6.03 Å². The van der Waals surface area contributed by atoms with Crippen LogP contribution in [0.5, 0.6) is 0 Å². The Morgan fingerprint density at radius 3 is 2.64 bits per heavy atom. The number of fused-ring (bicyclic) bond motifs is 1. The van der Waals surface area contributed by atoms with Crippen LogP contribution in [0.1, 0.15) is 10.6 Å². The number of thiazole rings is 1. The summed E-state index contributed by atoms with van der Waals surface area (Å²) in [6.45, 7) is 0.994. The summed E-state index contributed by atoms with van der Waals surface area (Å²) in [6, 6.07) is 13.2. The van der Waals surface area contributed by atoms with E-state index in [2.05, 4.69) is 10.3 Å². The zero-order valence-corrected chi connectivity index (χ0v) is 16.0. The van der Waals surface area contributed by atoms with Gasteiger partial charge in [-0.25, -0.2) is 9.78 Å². The van der Waals surface area contributed by atoms with Crippen molar-refractivity contribution in [3.8, 4) is 0 Å². The third kappa shape index (κ3) is 4.84. The number of urea groups is 1. The van der Waals surface area contributed by atoms with Crippen LogP contribution in [0, 0.1) is 0 Å². The summed E-state index contributed by atoms with van der Waals surface area (Å²) in [4.78, 5) is 18.4. The average molecular weight is 394 g/mol. The molecule has 0 saturated heterocycles. The van der Waals surface area contributed by atoms with Crippen molar-refractivity contribution in [3.05, 3.63) is 63.1 Å². The lowest BCUT2D eigenvalue weighted by Crippen LogP contribution is -2.37. The van der Waals surface area contributed by atoms with Gasteiger partial charge in [-0.3, -0.25) is 0 Å². The van der Waals surface area contributed by atoms with E-state index >= 15 is 0 Å². The highest BCUT2D eigenvalue weighted by Gasteiger charge is 2.11. The van der Waals surface area contributed by atoms with Gasteiger partial charge in [-0.2, -0.15) is 0 Å². The molecule has 0 atom stereocenters. The Bertz CT molecular complexity index is 844. The predicted octanol–water partition coefficient (Wildman–Crippen LogP) is 4.99. The normalized spacial score (nSPS) is 10.8. The zero-order valence-electron chi connectivity index (χ0n) is 13.6. The van der Waals surface area contributed by atoms with E-state index in [4.69, 9.17) is 23.2 Å². The molecular weight excluding hydrogens is 377 g/mol. The fraction of sp³-hybridized carbons (Fsp3) is 0.222. The number of halogens is 2. The van der Waals surface area contributed by atoms with Crippen LogP contribution in [0.4, 0.5) is 4.79 Å². The molecule has 0 fully saturated rings. The number of aromatic nitrogens is 1. The van der Waals surface area contributed by atoms with Gasteiger partial charge in [0.15, 0.2) is 0 Å². The van der Waals surface area contributed by atoms with E-state index in [1.807, 2.05) is 36.4 Å². The van der Waals surface area contributed by atoms with Crippen LogP contribution in [0.25, 0.3) is 10.2 Å². The number of carbonyl (C=O) groups excluding carboxylic acids is 1. The van der Waals surface area contributed by atoms with Gasteiger partial charge in [0.25, 0.3) is 0 Å². The van der Waals surface area contributed by atoms with E-state index < -0.39 is 0 Å². The molecule has 2 aromatic carbocycles. The number of carbonyl (C=O) groups is 1. The molecule has 1 aromatic heterocycles. The van der Waals surface area contributed by atoms with E-state index in [0.717, 1.165) is 20.8 Å². The Labute approximate surface area is 160 Å². The van der Waals surface area contributed by atoms with Crippen LogP contribution in [-0.4, -0.2) is 29.5 Å². The first-order valence-electron chi connectivity index (χ1n) is 7.79. The lowest BCUT2D eigenvalue weighted by atomic mass is 10.1. The molecule has 7 heteroatoms. The standard InChI is InChI=1S/C18H17Cl2N3OS/c1-23(11-17-22-15-4-2-3-5-16(15)25-17)18(24)21-7-6-12-8-13(19)10-14(20)9-12/h2-5,8-10H,6-7,11H2,1H3,(H,21,24). The van der Waals surface area contributed by atoms with E-state index in [1.165, 1.54) is 0 Å². The van der Waals surface area contributed by atoms with Crippen LogP contribution in [0.15, 0.2) is 42.5 Å². The first kappa shape index (κ1) is 18.0. The van der Waals surface area contributed by atoms with E-state index in [9.17, 15) is 4.79 Å². The van der Waals surface area contributed by atoms with Gasteiger partial charge in [-0.05, 0) is 42.3 Å². The lowest BCUT2D eigenvalue weighted by molar-refractivity contribution is 0.207. The van der Waals surface area contributed by atoms with Crippen LogP contribution < -0.4 is 5.32 Å². The summed E-state index contributed by atoms with van der Waals surface area (Å²) >= 11 is 13.6. The fourth-order valence-electron chi connectivity index (χ4n) is 2.47. The molecule has 0 bridgehead atoms. The minimum atomic E-state index is -0.132. The third-order valence-electron chi connectivity index (χ3n) is 3.67. The third-order valence-corrected chi connectivity index (χ3v) is 5.13. The maximum atomic E-state index is 12.2. The van der Waals surface area contributed by atoms with Crippen molar-refractivity contribution < 1.29 is 4.79 Å². The van der Waals surface area contributed by atoms with Gasteiger partial charge in [0.1, 0.15) is 5.01 Å². The molecule has 0 saturated carbocycles. The second-order valence-electron chi connectivity index (χ2n) is 5.69. The van der Waals surface area contributed by atoms with Crippen LogP contribution in [0.3, 0.4) is 0 Å². The first-order chi connectivity index (χ1) is 12.0. The SMILES string of the molecule is CN(Cc1nc2ccccc2s1)C(=O)NCCc1cc(Cl)cc(Cl)c1. The summed E-state index contributed by atoms with van der Waals surface area (Å²) in [6.07, 6.45) is 0.668. The number of nitrogens with zero attached hydrogens (tertiary/aromatic N) is 2. The van der Waals surface area contributed by atoms with Crippen molar-refractivity contribution in [2.24, 2.45) is 0 Å². The second kappa shape index (κ2) is 8.04. The quantitative estimate of drug-likeness (QED) is 0.663. The highest BCUT2D eigenvalue weighted by atomic mass is 35.5. The topological polar surface area (TPSA) is 45.2 Å². The van der Waals surface area contributed by atoms with Gasteiger partial charge in [0.05, 0.1) is 16.8 Å². The summed E-state index contributed by atoms with van der Waals surface area (Å²) in [5.74, 6) is 0. The summed E-state index contributed by atoms with van der Waals surface area (Å²) < 4.78 is 1.13. The minimum Gasteiger partial charge on any atom is -0.338 e. The van der Waals surface area contributed by atoms with Gasteiger partial charge in [0, 0.05) is 23.6 Å². The number of benzene rings is 2. The smallest absolute Gasteiger partial charge is 0.317 e. The monoisotopic (exact) mass is 393 g/mol. The fourth-order valence-corrected chi connectivity index (χ4v) is 4.06. The summed E-state index contributed by atoms with van der Waals surface area (Å²) in [7, 11) is 1.76. The number of nitrogens with one attached hydrogen (secondary N) is 1. The van der Waals surface area contributed by atoms with Crippen LogP contribution in [-0.2, 0) is 13.0 Å². The van der Waals surface area contributed by atoms with Gasteiger partial charge < -0.3 is 10.2 Å². The number of amides is 2. The molecule has 130 valence electrons. The molecule has 0 aliphatic heterocycles. The molecule has 1 heterocycles. The van der Waals surface area contributed by atoms with Gasteiger partial charge >= 0.3 is 6.03 Å². The van der Waals surface area contributed by atoms with Gasteiger partial charge in [0.2, 0.25) is 0 Å². The Morgan fingerprint density at radius 2 is 1.92 bits per heavy atom. The largest absolute Gasteiger partial charge is 0.338 e. The molecule has 0 radical (unpaired) electrons. The number of rotatable bonds is 5. The molecule has 4 nitrogen and oxygen atoms in total. The molecule has 0 aliphatic carbocycles. The maximum Gasteiger partial charge on any atom is 0.317 e. The highest BCUT2D eigenvalue weighted by Crippen LogP contribution is 2.22. The molecule has 0 unspecified atom stereocenters. The second-order valence-corrected chi connectivity index (χ2v) is 7.68. The van der Waals surface area contributed by atoms with Crippen molar-refractivity contribution in [2.45, 2.75) is 13.0 Å². The molecule has 2 amide bonds. The molecule has 0 aliphatic rings. The Hall–Kier alpha value is -1.82. The van der Waals surface area contributed by atoms with Crippen molar-refractivity contribution in [1.82, 2.24) is 15.2 Å². The molecule has 3 aromatic rings. The Kier molecular flexibility index (Phi) is 5.78. The van der Waals surface area contributed by atoms with E-state index in [0.29, 0.717) is 29.6 Å². The van der Waals surface area contributed by atoms with E-state index in [1.54, 1.807) is 29.4 Å². The van der Waals surface area contributed by atoms with Crippen molar-refractivity contribution >= 4 is 50.8 Å². The Morgan fingerprint density at radius 1 is 1.20 bits per heavy atom. The average Bonchev–Trinajstić information content (AvgIpc) is 2.96. The minimum absolute atomic E-state index is 0.132. The predicted molar refractivity (Wildman–Crippen MR) is 105 cm³/mol. The number of hydrogen-bond acceptors (Lipinski definition) is 3. The van der Waals surface area contributed by atoms with Crippen molar-refractivity contribution in [1.29, 1.82) is 0 Å². The number of para-hydroxylation sites is 1. The molecule has 1 N–H and O–H groups in total. The molecular formula is C18H17Cl2N3OS. The maximum absolute atomic E-state index is 12.2. The van der Waals surface area contributed by atoms with Crippen molar-refractivity contribution in [2.75, 3.05) is 13.6 Å². The molecule has 3 rings (SSSR count). The van der Waals surface area contributed by atoms with Crippen molar-refractivity contribution in [3.63, 3.8) is 0 Å². The van der Waals surface area contributed by atoms with Gasteiger partial charge in [-0.15, -0.1) is 11.3 Å². The zero-order chi connectivity index (χ0) is 17.8. The lowest BCUT2D eigenvalue weighted by Gasteiger charge is -2.16. The highest BCUT2D eigenvalue weighted by molar-refractivity contribution is 7.18. The Balaban J connectivity index is 1.52. The first-order valence-corrected chi connectivity index (χ1v) is 9.37. The van der Waals surface area contributed by atoms with Crippen LogP contribution >= 0.6 is 34.5 Å². The number of hydrogen-bond donors (Lipinski definition) is 1. The summed E-state index contributed by atoms with van der Waals surface area (Å²) in [5, 5.41) is 5.02. The van der Waals surface area contributed by atoms with Gasteiger partial charge in [-0.1, -0.05) is 35.3 Å². The molecule has 25 heavy (non-hydrogen) atoms. The summed E-state index contributed by atoms with van der Waals surface area (Å²) in [5.41, 5.74) is 1.96. The van der Waals surface area contributed by atoms with Crippen LogP contribution in [0.2, 0.25) is 10.0 Å². The molecule has 0 spiro atoms.